The van der Waals surface area contributed by atoms with E-state index in [-0.39, 0.29) is 0 Å². The van der Waals surface area contributed by atoms with Crippen LogP contribution in [0.2, 0.25) is 0 Å². The zero-order chi connectivity index (χ0) is 20.9. The number of para-hydroxylation sites is 1. The van der Waals surface area contributed by atoms with Gasteiger partial charge in [0.15, 0.2) is 0 Å². The van der Waals surface area contributed by atoms with Crippen LogP contribution in [0.5, 0.6) is 0 Å². The second-order valence-electron chi connectivity index (χ2n) is 7.80. The van der Waals surface area contributed by atoms with E-state index in [1.54, 1.807) is 0 Å². The van der Waals surface area contributed by atoms with Crippen molar-refractivity contribution in [3.63, 3.8) is 0 Å². The van der Waals surface area contributed by atoms with Gasteiger partial charge < -0.3 is 10.2 Å². The maximum atomic E-state index is 12.2. The zero-order valence-corrected chi connectivity index (χ0v) is 17.6. The summed E-state index contributed by atoms with van der Waals surface area (Å²) in [5.74, 6) is 1.67. The first-order chi connectivity index (χ1) is 13.8. The van der Waals surface area contributed by atoms with E-state index >= 15 is 0 Å². The van der Waals surface area contributed by atoms with Crippen LogP contribution >= 0.6 is 11.9 Å². The largest absolute Gasteiger partial charge is 0.399 e. The average molecular weight is 428 g/mol. The third-order valence-corrected chi connectivity index (χ3v) is 6.07. The number of nitrogens with one attached hydrogen (secondary N) is 2. The number of alkyl halides is 3. The van der Waals surface area contributed by atoms with Gasteiger partial charge in [-0.1, -0.05) is 24.1 Å². The normalized spacial score (nSPS) is 20.0. The fourth-order valence-corrected chi connectivity index (χ4v) is 4.28. The Kier molecular flexibility index (Phi) is 7.45. The van der Waals surface area contributed by atoms with E-state index in [0.29, 0.717) is 24.3 Å². The molecule has 5 nitrogen and oxygen atoms in total. The lowest BCUT2D eigenvalue weighted by Gasteiger charge is -2.28. The molecular formula is C20H28F3N5S. The maximum absolute atomic E-state index is 12.2. The van der Waals surface area contributed by atoms with Crippen LogP contribution in [0.4, 0.5) is 24.9 Å². The Morgan fingerprint density at radius 3 is 2.34 bits per heavy atom. The number of benzene rings is 1. The van der Waals surface area contributed by atoms with Gasteiger partial charge in [-0.2, -0.15) is 18.2 Å². The minimum Gasteiger partial charge on any atom is -0.362 e. The summed E-state index contributed by atoms with van der Waals surface area (Å²) in [6.07, 6.45) is 0.0913. The zero-order valence-electron chi connectivity index (χ0n) is 16.8. The molecular weight excluding hydrogens is 399 g/mol. The van der Waals surface area contributed by atoms with Crippen LogP contribution in [0.3, 0.4) is 0 Å². The Morgan fingerprint density at radius 2 is 1.69 bits per heavy atom. The molecule has 0 atom stereocenters. The topological polar surface area (TPSA) is 53.1 Å². The van der Waals surface area contributed by atoms with E-state index < -0.39 is 11.9 Å². The van der Waals surface area contributed by atoms with Crippen molar-refractivity contribution in [2.75, 3.05) is 43.2 Å². The number of halogens is 3. The molecule has 1 aliphatic rings. The first-order valence-corrected chi connectivity index (χ1v) is 10.9. The molecule has 29 heavy (non-hydrogen) atoms. The lowest BCUT2D eigenvalue weighted by atomic mass is 9.82. The average Bonchev–Trinajstić information content (AvgIpc) is 2.69. The monoisotopic (exact) mass is 427 g/mol. The molecule has 2 aromatic rings. The molecule has 0 aliphatic heterocycles. The van der Waals surface area contributed by atoms with Gasteiger partial charge in [0.1, 0.15) is 11.6 Å². The van der Waals surface area contributed by atoms with Crippen LogP contribution in [0.15, 0.2) is 24.3 Å². The van der Waals surface area contributed by atoms with E-state index in [1.165, 1.54) is 0 Å². The highest BCUT2D eigenvalue weighted by atomic mass is 32.2. The van der Waals surface area contributed by atoms with Crippen molar-refractivity contribution in [3.8, 4) is 0 Å². The summed E-state index contributed by atoms with van der Waals surface area (Å²) in [5.41, 5.74) is 0.917. The standard InChI is InChI=1S/C20H28F3N5S/c1-28(2)18-16-5-3-4-6-17(16)26-19(27-18)24-11-14-7-9-15(10-8-14)12-25-29-13-20(21,22)23/h3-6,14-15,25H,7-13H2,1-2H3,(H,24,26,27). The highest BCUT2D eigenvalue weighted by Crippen LogP contribution is 2.30. The number of hydrogen-bond donors (Lipinski definition) is 2. The fourth-order valence-electron chi connectivity index (χ4n) is 3.66. The molecule has 0 amide bonds. The molecule has 1 aromatic heterocycles. The number of fused-ring (bicyclic) bond motifs is 1. The predicted molar refractivity (Wildman–Crippen MR) is 114 cm³/mol. The second kappa shape index (κ2) is 9.84. The summed E-state index contributed by atoms with van der Waals surface area (Å²) in [5, 5.41) is 4.42. The summed E-state index contributed by atoms with van der Waals surface area (Å²) in [4.78, 5) is 11.3. The highest BCUT2D eigenvalue weighted by Gasteiger charge is 2.27. The van der Waals surface area contributed by atoms with Gasteiger partial charge >= 0.3 is 6.18 Å². The van der Waals surface area contributed by atoms with Gasteiger partial charge in [0.05, 0.1) is 5.52 Å². The van der Waals surface area contributed by atoms with Crippen LogP contribution < -0.4 is 14.9 Å². The quantitative estimate of drug-likeness (QED) is 0.470. The Morgan fingerprint density at radius 1 is 1.03 bits per heavy atom. The minimum atomic E-state index is -4.11. The molecule has 0 unspecified atom stereocenters. The molecule has 1 heterocycles. The first-order valence-electron chi connectivity index (χ1n) is 9.91. The highest BCUT2D eigenvalue weighted by molar-refractivity contribution is 7.97. The molecule has 160 valence electrons. The van der Waals surface area contributed by atoms with E-state index in [4.69, 9.17) is 0 Å². The number of aromatic nitrogens is 2. The van der Waals surface area contributed by atoms with Gasteiger partial charge in [0.2, 0.25) is 5.95 Å². The Labute approximate surface area is 174 Å². The van der Waals surface area contributed by atoms with E-state index in [0.717, 1.165) is 60.9 Å². The van der Waals surface area contributed by atoms with Crippen molar-refractivity contribution in [1.29, 1.82) is 0 Å². The Hall–Kier alpha value is -1.74. The van der Waals surface area contributed by atoms with E-state index in [9.17, 15) is 13.2 Å². The van der Waals surface area contributed by atoms with Crippen LogP contribution in [-0.2, 0) is 0 Å². The first kappa shape index (κ1) is 22.0. The molecule has 0 saturated heterocycles. The number of nitrogens with zero attached hydrogens (tertiary/aromatic N) is 3. The predicted octanol–water partition coefficient (Wildman–Crippen LogP) is 4.71. The van der Waals surface area contributed by atoms with Crippen molar-refractivity contribution < 1.29 is 13.2 Å². The molecule has 1 saturated carbocycles. The third-order valence-electron chi connectivity index (χ3n) is 5.23. The SMILES string of the molecule is CN(C)c1nc(NCC2CCC(CNSCC(F)(F)F)CC2)nc2ccccc12. The summed E-state index contributed by atoms with van der Waals surface area (Å²) in [6, 6.07) is 7.97. The van der Waals surface area contributed by atoms with Gasteiger partial charge in [-0.15, -0.1) is 0 Å². The lowest BCUT2D eigenvalue weighted by Crippen LogP contribution is -2.27. The molecule has 9 heteroatoms. The van der Waals surface area contributed by atoms with Gasteiger partial charge in [0, 0.05) is 32.6 Å². The van der Waals surface area contributed by atoms with Crippen LogP contribution in [0, 0.1) is 11.8 Å². The maximum Gasteiger partial charge on any atom is 0.399 e. The number of anilines is 2. The van der Waals surface area contributed by atoms with Crippen LogP contribution in [-0.4, -0.2) is 49.1 Å². The summed E-state index contributed by atoms with van der Waals surface area (Å²) >= 11 is 0.759. The van der Waals surface area contributed by atoms with Crippen molar-refractivity contribution in [3.05, 3.63) is 24.3 Å². The van der Waals surface area contributed by atoms with Crippen molar-refractivity contribution >= 4 is 34.6 Å². The number of rotatable bonds is 8. The van der Waals surface area contributed by atoms with Crippen molar-refractivity contribution in [2.45, 2.75) is 31.9 Å². The molecule has 1 aromatic carbocycles. The summed E-state index contributed by atoms with van der Waals surface area (Å²) in [6.45, 7) is 1.45. The molecule has 1 fully saturated rings. The van der Waals surface area contributed by atoms with Crippen LogP contribution in [0.25, 0.3) is 10.9 Å². The lowest BCUT2D eigenvalue weighted by molar-refractivity contribution is -0.105. The van der Waals surface area contributed by atoms with Gasteiger partial charge in [0.25, 0.3) is 0 Å². The van der Waals surface area contributed by atoms with E-state index in [2.05, 4.69) is 20.0 Å². The smallest absolute Gasteiger partial charge is 0.362 e. The van der Waals surface area contributed by atoms with Crippen LogP contribution in [0.1, 0.15) is 25.7 Å². The molecule has 0 bridgehead atoms. The van der Waals surface area contributed by atoms with Gasteiger partial charge in [-0.3, -0.25) is 4.72 Å². The van der Waals surface area contributed by atoms with E-state index in [1.807, 2.05) is 43.3 Å². The van der Waals surface area contributed by atoms with Gasteiger partial charge in [-0.05, 0) is 49.7 Å². The molecule has 3 rings (SSSR count). The fraction of sp³-hybridized carbons (Fsp3) is 0.600. The number of hydrogen-bond acceptors (Lipinski definition) is 6. The molecule has 0 spiro atoms. The van der Waals surface area contributed by atoms with Crippen molar-refractivity contribution in [2.24, 2.45) is 11.8 Å². The molecule has 0 radical (unpaired) electrons. The summed E-state index contributed by atoms with van der Waals surface area (Å²) < 4.78 is 39.4. The Balaban J connectivity index is 1.46. The molecule has 2 N–H and O–H groups in total. The minimum absolute atomic E-state index is 0.448. The van der Waals surface area contributed by atoms with Crippen molar-refractivity contribution in [1.82, 2.24) is 14.7 Å². The third kappa shape index (κ3) is 6.64. The second-order valence-corrected chi connectivity index (χ2v) is 8.67. The summed E-state index contributed by atoms with van der Waals surface area (Å²) in [7, 11) is 3.95. The molecule has 1 aliphatic carbocycles. The Bertz CT molecular complexity index is 791. The van der Waals surface area contributed by atoms with Gasteiger partial charge in [-0.25, -0.2) is 4.98 Å².